The Balaban J connectivity index is 1.60. The van der Waals surface area contributed by atoms with Crippen LogP contribution in [0.25, 0.3) is 0 Å². The molecule has 1 amide bonds. The van der Waals surface area contributed by atoms with E-state index in [1.165, 1.54) is 4.31 Å². The molecule has 2 aromatic carbocycles. The molecule has 186 valence electrons. The zero-order chi connectivity index (χ0) is 24.6. The van der Waals surface area contributed by atoms with E-state index in [2.05, 4.69) is 0 Å². The summed E-state index contributed by atoms with van der Waals surface area (Å²) in [5.41, 5.74) is 0. The van der Waals surface area contributed by atoms with E-state index in [9.17, 15) is 13.2 Å². The fourth-order valence-corrected chi connectivity index (χ4v) is 5.42. The number of hydrogen-bond acceptors (Lipinski definition) is 6. The normalized spacial score (nSPS) is 15.5. The highest BCUT2D eigenvalue weighted by molar-refractivity contribution is 7.89. The van der Waals surface area contributed by atoms with E-state index >= 15 is 0 Å². The molecule has 1 aliphatic heterocycles. The van der Waals surface area contributed by atoms with Gasteiger partial charge in [-0.3, -0.25) is 9.69 Å². The highest BCUT2D eigenvalue weighted by atomic mass is 32.2. The lowest BCUT2D eigenvalue weighted by atomic mass is 10.3. The number of likely N-dealkylation sites (N-methyl/N-ethyl adjacent to an activating group) is 1. The molecule has 0 aromatic heterocycles. The van der Waals surface area contributed by atoms with Gasteiger partial charge in [0, 0.05) is 32.7 Å². The monoisotopic (exact) mass is 489 g/mol. The first-order chi connectivity index (χ1) is 16.4. The van der Waals surface area contributed by atoms with Crippen LogP contribution in [-0.2, 0) is 14.8 Å². The van der Waals surface area contributed by atoms with E-state index in [0.29, 0.717) is 70.3 Å². The van der Waals surface area contributed by atoms with Gasteiger partial charge in [0.15, 0.2) is 0 Å². The minimum atomic E-state index is -3.63. The first kappa shape index (κ1) is 26.0. The average Bonchev–Trinajstić information content (AvgIpc) is 3.08. The summed E-state index contributed by atoms with van der Waals surface area (Å²) in [6.45, 7) is 10.2. The van der Waals surface area contributed by atoms with E-state index in [1.807, 2.05) is 49.9 Å². The molecule has 34 heavy (non-hydrogen) atoms. The van der Waals surface area contributed by atoms with Gasteiger partial charge in [0.05, 0.1) is 18.0 Å². The number of rotatable bonds is 10. The van der Waals surface area contributed by atoms with Crippen LogP contribution in [0.4, 0.5) is 0 Å². The van der Waals surface area contributed by atoms with Crippen molar-refractivity contribution in [3.63, 3.8) is 0 Å². The Hall–Kier alpha value is -2.62. The molecule has 3 rings (SSSR count). The van der Waals surface area contributed by atoms with Crippen molar-refractivity contribution < 1.29 is 22.7 Å². The minimum Gasteiger partial charge on any atom is -0.494 e. The molecular weight excluding hydrogens is 454 g/mol. The molecule has 1 fully saturated rings. The topological polar surface area (TPSA) is 79.4 Å². The molecule has 8 nitrogen and oxygen atoms in total. The molecule has 0 N–H and O–H groups in total. The van der Waals surface area contributed by atoms with Crippen LogP contribution in [0.15, 0.2) is 53.4 Å². The molecule has 9 heteroatoms. The molecule has 1 heterocycles. The summed E-state index contributed by atoms with van der Waals surface area (Å²) in [5, 5.41) is 0. The Morgan fingerprint density at radius 3 is 2.03 bits per heavy atom. The summed E-state index contributed by atoms with van der Waals surface area (Å²) in [6.07, 6.45) is 0.684. The highest BCUT2D eigenvalue weighted by Crippen LogP contribution is 2.26. The number of carbonyl (C=O) groups is 1. The Morgan fingerprint density at radius 1 is 0.853 bits per heavy atom. The summed E-state index contributed by atoms with van der Waals surface area (Å²) >= 11 is 0. The van der Waals surface area contributed by atoms with E-state index in [0.717, 1.165) is 5.75 Å². The third-order valence-corrected chi connectivity index (χ3v) is 7.77. The zero-order valence-electron chi connectivity index (χ0n) is 20.3. The number of nitrogens with zero attached hydrogens (tertiary/aromatic N) is 3. The SMILES string of the molecule is CCOc1ccc(Oc2ccc(S(=O)(=O)N3CCCN(CC(=O)N(CC)CC)CC3)cc2)cc1. The molecular formula is C25H35N3O5S. The fraction of sp³-hybridized carbons (Fsp3) is 0.480. The van der Waals surface area contributed by atoms with Crippen LogP contribution in [0.2, 0.25) is 0 Å². The fourth-order valence-electron chi connectivity index (χ4n) is 3.95. The van der Waals surface area contributed by atoms with Gasteiger partial charge >= 0.3 is 0 Å². The van der Waals surface area contributed by atoms with E-state index in [-0.39, 0.29) is 10.8 Å². The zero-order valence-corrected chi connectivity index (χ0v) is 21.1. The Bertz CT molecular complexity index is 1020. The lowest BCUT2D eigenvalue weighted by Crippen LogP contribution is -2.42. The lowest BCUT2D eigenvalue weighted by molar-refractivity contribution is -0.132. The molecule has 0 unspecified atom stereocenters. The van der Waals surface area contributed by atoms with Gasteiger partial charge in [0.2, 0.25) is 15.9 Å². The standard InChI is InChI=1S/C25H35N3O5S/c1-4-27(5-2)25(29)20-26-16-7-17-28(19-18-26)34(30,31)24-14-12-23(13-15-24)33-22-10-8-21(9-11-22)32-6-3/h8-15H,4-7,16-20H2,1-3H3. The second-order valence-electron chi connectivity index (χ2n) is 8.08. The Labute approximate surface area is 203 Å². The summed E-state index contributed by atoms with van der Waals surface area (Å²) < 4.78 is 39.2. The van der Waals surface area contributed by atoms with Crippen molar-refractivity contribution in [1.82, 2.24) is 14.1 Å². The van der Waals surface area contributed by atoms with Crippen LogP contribution in [-0.4, -0.2) is 80.9 Å². The first-order valence-electron chi connectivity index (χ1n) is 11.9. The predicted octanol–water partition coefficient (Wildman–Crippen LogP) is 3.44. The molecule has 0 aliphatic carbocycles. The van der Waals surface area contributed by atoms with Crippen LogP contribution in [0.1, 0.15) is 27.2 Å². The van der Waals surface area contributed by atoms with E-state index in [1.54, 1.807) is 29.2 Å². The second-order valence-corrected chi connectivity index (χ2v) is 10.0. The van der Waals surface area contributed by atoms with Crippen LogP contribution < -0.4 is 9.47 Å². The van der Waals surface area contributed by atoms with Crippen molar-refractivity contribution in [1.29, 1.82) is 0 Å². The molecule has 0 bridgehead atoms. The van der Waals surface area contributed by atoms with Crippen molar-refractivity contribution in [3.8, 4) is 17.2 Å². The maximum atomic E-state index is 13.2. The van der Waals surface area contributed by atoms with Crippen LogP contribution >= 0.6 is 0 Å². The van der Waals surface area contributed by atoms with Crippen molar-refractivity contribution in [2.24, 2.45) is 0 Å². The third kappa shape index (κ3) is 6.71. The number of benzene rings is 2. The smallest absolute Gasteiger partial charge is 0.243 e. The molecule has 0 radical (unpaired) electrons. The Morgan fingerprint density at radius 2 is 1.44 bits per heavy atom. The molecule has 0 atom stereocenters. The largest absolute Gasteiger partial charge is 0.494 e. The van der Waals surface area contributed by atoms with Gasteiger partial charge in [-0.15, -0.1) is 0 Å². The number of carbonyl (C=O) groups excluding carboxylic acids is 1. The van der Waals surface area contributed by atoms with Gasteiger partial charge in [0.25, 0.3) is 0 Å². The second kappa shape index (κ2) is 12.2. The molecule has 2 aromatic rings. The molecule has 1 saturated heterocycles. The maximum Gasteiger partial charge on any atom is 0.243 e. The minimum absolute atomic E-state index is 0.0874. The number of ether oxygens (including phenoxy) is 2. The Kier molecular flexibility index (Phi) is 9.32. The van der Waals surface area contributed by atoms with Gasteiger partial charge in [0.1, 0.15) is 17.2 Å². The quantitative estimate of drug-likeness (QED) is 0.509. The summed E-state index contributed by atoms with van der Waals surface area (Å²) in [5.74, 6) is 2.06. The van der Waals surface area contributed by atoms with Gasteiger partial charge in [-0.25, -0.2) is 8.42 Å². The molecule has 0 saturated carbocycles. The summed E-state index contributed by atoms with van der Waals surface area (Å²) in [6, 6.07) is 13.8. The average molecular weight is 490 g/mol. The number of sulfonamides is 1. The highest BCUT2D eigenvalue weighted by Gasteiger charge is 2.28. The van der Waals surface area contributed by atoms with Crippen LogP contribution in [0.5, 0.6) is 17.2 Å². The third-order valence-electron chi connectivity index (χ3n) is 5.85. The lowest BCUT2D eigenvalue weighted by Gasteiger charge is -2.25. The molecule has 0 spiro atoms. The van der Waals surface area contributed by atoms with E-state index in [4.69, 9.17) is 9.47 Å². The van der Waals surface area contributed by atoms with Crippen molar-refractivity contribution in [3.05, 3.63) is 48.5 Å². The van der Waals surface area contributed by atoms with Crippen LogP contribution in [0, 0.1) is 0 Å². The van der Waals surface area contributed by atoms with Gasteiger partial charge in [-0.1, -0.05) is 0 Å². The summed E-state index contributed by atoms with van der Waals surface area (Å²) in [4.78, 5) is 16.5. The van der Waals surface area contributed by atoms with Gasteiger partial charge in [-0.05, 0) is 82.3 Å². The van der Waals surface area contributed by atoms with E-state index < -0.39 is 10.0 Å². The van der Waals surface area contributed by atoms with Crippen molar-refractivity contribution in [2.45, 2.75) is 32.1 Å². The van der Waals surface area contributed by atoms with Gasteiger partial charge < -0.3 is 14.4 Å². The predicted molar refractivity (Wildman–Crippen MR) is 132 cm³/mol. The maximum absolute atomic E-state index is 13.2. The number of amides is 1. The molecule has 1 aliphatic rings. The van der Waals surface area contributed by atoms with Crippen molar-refractivity contribution in [2.75, 3.05) is 52.4 Å². The number of hydrogen-bond donors (Lipinski definition) is 0. The first-order valence-corrected chi connectivity index (χ1v) is 13.3. The van der Waals surface area contributed by atoms with Gasteiger partial charge in [-0.2, -0.15) is 4.31 Å². The van der Waals surface area contributed by atoms with Crippen LogP contribution in [0.3, 0.4) is 0 Å². The van der Waals surface area contributed by atoms with Crippen molar-refractivity contribution >= 4 is 15.9 Å². The summed E-state index contributed by atoms with van der Waals surface area (Å²) in [7, 11) is -3.63.